The van der Waals surface area contributed by atoms with Crippen molar-refractivity contribution in [1.82, 2.24) is 4.90 Å². The summed E-state index contributed by atoms with van der Waals surface area (Å²) in [7, 11) is 0. The minimum atomic E-state index is 0.584. The Bertz CT molecular complexity index is 224. The van der Waals surface area contributed by atoms with Gasteiger partial charge in [-0.3, -0.25) is 4.90 Å². The molecule has 0 aromatic heterocycles. The summed E-state index contributed by atoms with van der Waals surface area (Å²) in [6.07, 6.45) is 4.78. The Morgan fingerprint density at radius 1 is 1.21 bits per heavy atom. The lowest BCUT2D eigenvalue weighted by Gasteiger charge is -2.28. The lowest BCUT2D eigenvalue weighted by atomic mass is 10.0. The Labute approximate surface area is 86.6 Å². The summed E-state index contributed by atoms with van der Waals surface area (Å²) >= 11 is 0. The molecule has 3 atom stereocenters. The van der Waals surface area contributed by atoms with E-state index in [-0.39, 0.29) is 0 Å². The van der Waals surface area contributed by atoms with Gasteiger partial charge in [-0.25, -0.2) is 0 Å². The van der Waals surface area contributed by atoms with Gasteiger partial charge in [0.25, 0.3) is 0 Å². The van der Waals surface area contributed by atoms with Gasteiger partial charge in [0.05, 0.1) is 12.7 Å². The summed E-state index contributed by atoms with van der Waals surface area (Å²) in [5.74, 6) is 1.83. The lowest BCUT2D eigenvalue weighted by Crippen LogP contribution is -2.38. The van der Waals surface area contributed by atoms with Crippen LogP contribution in [0.25, 0.3) is 0 Å². The van der Waals surface area contributed by atoms with E-state index in [0.717, 1.165) is 24.5 Å². The van der Waals surface area contributed by atoms with Gasteiger partial charge in [-0.05, 0) is 44.9 Å². The van der Waals surface area contributed by atoms with E-state index >= 15 is 0 Å². The highest BCUT2D eigenvalue weighted by Gasteiger charge is 2.48. The zero-order valence-electron chi connectivity index (χ0n) is 9.28. The quantitative estimate of drug-likeness (QED) is 0.667. The molecule has 3 unspecified atom stereocenters. The molecule has 3 fully saturated rings. The van der Waals surface area contributed by atoms with Gasteiger partial charge in [-0.15, -0.1) is 0 Å². The van der Waals surface area contributed by atoms with Crippen molar-refractivity contribution in [3.05, 3.63) is 0 Å². The highest BCUT2D eigenvalue weighted by molar-refractivity contribution is 5.01. The molecule has 2 aliphatic carbocycles. The maximum Gasteiger partial charge on any atom is 0.0747 e. The fourth-order valence-corrected chi connectivity index (χ4v) is 2.84. The van der Waals surface area contributed by atoms with Crippen molar-refractivity contribution < 1.29 is 4.74 Å². The normalized spacial score (nSPS) is 43.5. The van der Waals surface area contributed by atoms with E-state index < -0.39 is 0 Å². The van der Waals surface area contributed by atoms with Crippen LogP contribution in [0, 0.1) is 11.8 Å². The van der Waals surface area contributed by atoms with Crippen LogP contribution in [0.1, 0.15) is 33.1 Å². The summed E-state index contributed by atoms with van der Waals surface area (Å²) in [5, 5.41) is 0. The molecule has 80 valence electrons. The Morgan fingerprint density at radius 2 is 2.00 bits per heavy atom. The second kappa shape index (κ2) is 3.21. The minimum absolute atomic E-state index is 0.584. The van der Waals surface area contributed by atoms with E-state index in [1.54, 1.807) is 0 Å². The smallest absolute Gasteiger partial charge is 0.0747 e. The molecule has 1 heterocycles. The van der Waals surface area contributed by atoms with Crippen molar-refractivity contribution in [1.29, 1.82) is 0 Å². The molecule has 1 aliphatic heterocycles. The van der Waals surface area contributed by atoms with Crippen molar-refractivity contribution in [3.8, 4) is 0 Å². The molecule has 2 nitrogen and oxygen atoms in total. The van der Waals surface area contributed by atoms with E-state index in [0.29, 0.717) is 12.1 Å². The molecule has 3 aliphatic rings. The Kier molecular flexibility index (Phi) is 2.10. The third kappa shape index (κ3) is 1.59. The molecule has 2 saturated carbocycles. The van der Waals surface area contributed by atoms with E-state index in [1.165, 1.54) is 25.8 Å². The molecule has 0 spiro atoms. The van der Waals surface area contributed by atoms with Gasteiger partial charge in [-0.1, -0.05) is 0 Å². The maximum absolute atomic E-state index is 5.93. The van der Waals surface area contributed by atoms with Gasteiger partial charge in [0.1, 0.15) is 0 Å². The molecule has 0 radical (unpaired) electrons. The number of hydrogen-bond donors (Lipinski definition) is 0. The molecule has 1 saturated heterocycles. The van der Waals surface area contributed by atoms with Crippen molar-refractivity contribution in [3.63, 3.8) is 0 Å². The number of ether oxygens (including phenoxy) is 1. The van der Waals surface area contributed by atoms with Crippen LogP contribution in [0.15, 0.2) is 0 Å². The highest BCUT2D eigenvalue weighted by atomic mass is 16.5. The van der Waals surface area contributed by atoms with Crippen LogP contribution in [-0.2, 0) is 4.74 Å². The van der Waals surface area contributed by atoms with Crippen LogP contribution < -0.4 is 0 Å². The molecule has 2 heteroatoms. The van der Waals surface area contributed by atoms with Gasteiger partial charge < -0.3 is 4.74 Å². The Hall–Kier alpha value is -0.0800. The third-order valence-electron chi connectivity index (χ3n) is 4.05. The van der Waals surface area contributed by atoms with E-state index in [1.807, 2.05) is 0 Å². The molecule has 14 heavy (non-hydrogen) atoms. The number of nitrogens with zero attached hydrogens (tertiary/aromatic N) is 1. The molecule has 0 aromatic rings. The first-order valence-corrected chi connectivity index (χ1v) is 6.13. The number of hydrogen-bond acceptors (Lipinski definition) is 2. The summed E-state index contributed by atoms with van der Waals surface area (Å²) in [6, 6.07) is 1.46. The van der Waals surface area contributed by atoms with Crippen molar-refractivity contribution in [2.75, 3.05) is 13.2 Å². The first-order chi connectivity index (χ1) is 6.75. The molecule has 0 aromatic carbocycles. The van der Waals surface area contributed by atoms with Gasteiger partial charge in [-0.2, -0.15) is 0 Å². The topological polar surface area (TPSA) is 12.5 Å². The van der Waals surface area contributed by atoms with Crippen LogP contribution in [0.2, 0.25) is 0 Å². The third-order valence-corrected chi connectivity index (χ3v) is 4.05. The zero-order valence-corrected chi connectivity index (χ0v) is 9.28. The minimum Gasteiger partial charge on any atom is -0.376 e. The number of fused-ring (bicyclic) bond motifs is 1. The van der Waals surface area contributed by atoms with Crippen molar-refractivity contribution >= 4 is 0 Å². The average Bonchev–Trinajstić information content (AvgIpc) is 2.98. The summed E-state index contributed by atoms with van der Waals surface area (Å²) in [5.41, 5.74) is 0. The van der Waals surface area contributed by atoms with E-state index in [2.05, 4.69) is 18.7 Å². The summed E-state index contributed by atoms with van der Waals surface area (Å²) in [6.45, 7) is 6.98. The molecular weight excluding hydrogens is 174 g/mol. The Balaban J connectivity index is 1.69. The van der Waals surface area contributed by atoms with Crippen LogP contribution in [0.5, 0.6) is 0 Å². The van der Waals surface area contributed by atoms with Gasteiger partial charge >= 0.3 is 0 Å². The van der Waals surface area contributed by atoms with Crippen LogP contribution >= 0.6 is 0 Å². The largest absolute Gasteiger partial charge is 0.376 e. The molecule has 0 amide bonds. The van der Waals surface area contributed by atoms with Gasteiger partial charge in [0, 0.05) is 18.6 Å². The fraction of sp³-hybridized carbons (Fsp3) is 1.00. The number of rotatable bonds is 2. The summed E-state index contributed by atoms with van der Waals surface area (Å²) in [4.78, 5) is 2.68. The average molecular weight is 195 g/mol. The second-order valence-electron chi connectivity index (χ2n) is 5.56. The van der Waals surface area contributed by atoms with E-state index in [9.17, 15) is 0 Å². The maximum atomic E-state index is 5.93. The fourth-order valence-electron chi connectivity index (χ4n) is 2.84. The SMILES string of the molecule is CC(C)N1CC(C2CC2)COC2CC21. The van der Waals surface area contributed by atoms with Crippen molar-refractivity contribution in [2.24, 2.45) is 11.8 Å². The van der Waals surface area contributed by atoms with Crippen LogP contribution in [0.3, 0.4) is 0 Å². The lowest BCUT2D eigenvalue weighted by molar-refractivity contribution is 0.0900. The first-order valence-electron chi connectivity index (χ1n) is 6.13. The molecule has 0 bridgehead atoms. The standard InChI is InChI=1S/C12H21NO/c1-8(2)13-6-10(9-3-4-9)7-14-12-5-11(12)13/h8-12H,3-7H2,1-2H3. The van der Waals surface area contributed by atoms with E-state index in [4.69, 9.17) is 4.74 Å². The molecular formula is C12H21NO. The van der Waals surface area contributed by atoms with Gasteiger partial charge in [0.15, 0.2) is 0 Å². The summed E-state index contributed by atoms with van der Waals surface area (Å²) < 4.78 is 5.93. The Morgan fingerprint density at radius 3 is 2.64 bits per heavy atom. The van der Waals surface area contributed by atoms with Gasteiger partial charge in [0.2, 0.25) is 0 Å². The van der Waals surface area contributed by atoms with Crippen molar-refractivity contribution in [2.45, 2.75) is 51.3 Å². The van der Waals surface area contributed by atoms with Crippen LogP contribution in [-0.4, -0.2) is 36.2 Å². The highest BCUT2D eigenvalue weighted by Crippen LogP contribution is 2.43. The monoisotopic (exact) mass is 195 g/mol. The predicted molar refractivity (Wildman–Crippen MR) is 56.2 cm³/mol. The van der Waals surface area contributed by atoms with Crippen LogP contribution in [0.4, 0.5) is 0 Å². The predicted octanol–water partition coefficient (Wildman–Crippen LogP) is 1.89. The zero-order chi connectivity index (χ0) is 9.71. The second-order valence-corrected chi connectivity index (χ2v) is 5.56. The molecule has 3 rings (SSSR count). The molecule has 0 N–H and O–H groups in total. The first kappa shape index (κ1) is 9.17.